The Morgan fingerprint density at radius 3 is 2.25 bits per heavy atom. The summed E-state index contributed by atoms with van der Waals surface area (Å²) < 4.78 is 0. The van der Waals surface area contributed by atoms with Gasteiger partial charge in [0.05, 0.1) is 29.0 Å². The van der Waals surface area contributed by atoms with Crippen LogP contribution in [0, 0.1) is 27.7 Å². The number of aliphatic imine (C=N–C) groups is 1. The Balaban J connectivity index is 1.91. The minimum Gasteiger partial charge on any atom is -0.254 e. The molecule has 0 atom stereocenters. The van der Waals surface area contributed by atoms with Crippen molar-refractivity contribution in [1.29, 1.82) is 0 Å². The third-order valence-corrected chi connectivity index (χ3v) is 3.91. The fraction of sp³-hybridized carbons (Fsp3) is 0.190. The Kier molecular flexibility index (Phi) is 4.52. The van der Waals surface area contributed by atoms with Crippen LogP contribution in [0.3, 0.4) is 0 Å². The molecule has 3 rings (SSSR count). The first kappa shape index (κ1) is 16.1. The maximum Gasteiger partial charge on any atom is 0.0894 e. The first-order chi connectivity index (χ1) is 11.5. The number of pyridine rings is 2. The molecule has 0 aliphatic carbocycles. The molecule has 0 spiro atoms. The molecule has 0 unspecified atom stereocenters. The number of nitrogens with zero attached hydrogens (tertiary/aromatic N) is 3. The van der Waals surface area contributed by atoms with Gasteiger partial charge in [-0.15, -0.1) is 0 Å². The van der Waals surface area contributed by atoms with E-state index in [1.54, 1.807) is 0 Å². The van der Waals surface area contributed by atoms with E-state index in [0.29, 0.717) is 0 Å². The van der Waals surface area contributed by atoms with Gasteiger partial charge >= 0.3 is 0 Å². The number of hydrogen-bond donors (Lipinski definition) is 0. The van der Waals surface area contributed by atoms with Gasteiger partial charge in [0.1, 0.15) is 0 Å². The zero-order valence-corrected chi connectivity index (χ0v) is 14.5. The van der Waals surface area contributed by atoms with Crippen LogP contribution >= 0.6 is 0 Å². The predicted octanol–water partition coefficient (Wildman–Crippen LogP) is 5.13. The van der Waals surface area contributed by atoms with Gasteiger partial charge in [-0.3, -0.25) is 9.98 Å². The fourth-order valence-electron chi connectivity index (χ4n) is 2.79. The summed E-state index contributed by atoms with van der Waals surface area (Å²) in [6.45, 7) is 8.31. The third-order valence-electron chi connectivity index (χ3n) is 3.91. The standard InChI is InChI=1S/C21H21N3/c1-14-8-9-19(22-12-14)20-7-5-6-18(24-20)13-23-21-16(3)10-15(2)11-17(21)4/h5-13H,1-4H3. The van der Waals surface area contributed by atoms with E-state index >= 15 is 0 Å². The second kappa shape index (κ2) is 6.75. The van der Waals surface area contributed by atoms with Gasteiger partial charge in [0, 0.05) is 6.20 Å². The molecule has 3 nitrogen and oxygen atoms in total. The van der Waals surface area contributed by atoms with Crippen molar-refractivity contribution < 1.29 is 0 Å². The number of benzene rings is 1. The lowest BCUT2D eigenvalue weighted by Crippen LogP contribution is -1.93. The van der Waals surface area contributed by atoms with Gasteiger partial charge in [-0.25, -0.2) is 4.98 Å². The van der Waals surface area contributed by atoms with E-state index in [4.69, 9.17) is 0 Å². The van der Waals surface area contributed by atoms with E-state index < -0.39 is 0 Å². The average molecular weight is 315 g/mol. The fourth-order valence-corrected chi connectivity index (χ4v) is 2.79. The van der Waals surface area contributed by atoms with Crippen LogP contribution in [0.5, 0.6) is 0 Å². The summed E-state index contributed by atoms with van der Waals surface area (Å²) in [5.41, 5.74) is 8.34. The van der Waals surface area contributed by atoms with Gasteiger partial charge in [-0.1, -0.05) is 29.8 Å². The van der Waals surface area contributed by atoms with Crippen molar-refractivity contribution in [1.82, 2.24) is 9.97 Å². The summed E-state index contributed by atoms with van der Waals surface area (Å²) in [5, 5.41) is 0. The van der Waals surface area contributed by atoms with E-state index in [0.717, 1.165) is 28.3 Å². The molecule has 0 aliphatic rings. The van der Waals surface area contributed by atoms with Gasteiger partial charge in [-0.2, -0.15) is 0 Å². The summed E-state index contributed by atoms with van der Waals surface area (Å²) in [4.78, 5) is 13.7. The predicted molar refractivity (Wildman–Crippen MR) is 100 cm³/mol. The molecule has 0 radical (unpaired) electrons. The zero-order chi connectivity index (χ0) is 17.1. The highest BCUT2D eigenvalue weighted by molar-refractivity contribution is 5.81. The monoisotopic (exact) mass is 315 g/mol. The van der Waals surface area contributed by atoms with Gasteiger partial charge in [0.25, 0.3) is 0 Å². The Morgan fingerprint density at radius 1 is 0.833 bits per heavy atom. The molecule has 3 aromatic rings. The van der Waals surface area contributed by atoms with E-state index in [9.17, 15) is 0 Å². The summed E-state index contributed by atoms with van der Waals surface area (Å²) in [5.74, 6) is 0. The van der Waals surface area contributed by atoms with Crippen LogP contribution < -0.4 is 0 Å². The van der Waals surface area contributed by atoms with Gasteiger partial charge in [0.2, 0.25) is 0 Å². The Morgan fingerprint density at radius 2 is 1.58 bits per heavy atom. The van der Waals surface area contributed by atoms with Crippen molar-refractivity contribution in [2.45, 2.75) is 27.7 Å². The van der Waals surface area contributed by atoms with Crippen molar-refractivity contribution in [3.63, 3.8) is 0 Å². The third kappa shape index (κ3) is 3.57. The summed E-state index contributed by atoms with van der Waals surface area (Å²) >= 11 is 0. The van der Waals surface area contributed by atoms with Crippen molar-refractivity contribution in [3.05, 3.63) is 76.6 Å². The molecule has 0 saturated carbocycles. The topological polar surface area (TPSA) is 38.1 Å². The molecule has 0 amide bonds. The highest BCUT2D eigenvalue weighted by Crippen LogP contribution is 2.25. The molecule has 2 aromatic heterocycles. The second-order valence-corrected chi connectivity index (χ2v) is 6.17. The molecule has 0 bridgehead atoms. The smallest absolute Gasteiger partial charge is 0.0894 e. The number of hydrogen-bond acceptors (Lipinski definition) is 3. The number of rotatable bonds is 3. The quantitative estimate of drug-likeness (QED) is 0.629. The van der Waals surface area contributed by atoms with Gasteiger partial charge in [0.15, 0.2) is 0 Å². The van der Waals surface area contributed by atoms with Crippen LogP contribution in [0.4, 0.5) is 5.69 Å². The zero-order valence-electron chi connectivity index (χ0n) is 14.5. The van der Waals surface area contributed by atoms with Crippen molar-refractivity contribution in [3.8, 4) is 11.4 Å². The first-order valence-corrected chi connectivity index (χ1v) is 8.05. The lowest BCUT2D eigenvalue weighted by atomic mass is 10.1. The van der Waals surface area contributed by atoms with Crippen LogP contribution in [0.2, 0.25) is 0 Å². The van der Waals surface area contributed by atoms with Crippen LogP contribution in [0.1, 0.15) is 27.9 Å². The molecule has 0 N–H and O–H groups in total. The summed E-state index contributed by atoms with van der Waals surface area (Å²) in [6.07, 6.45) is 3.68. The molecule has 0 saturated heterocycles. The van der Waals surface area contributed by atoms with E-state index in [2.05, 4.69) is 47.9 Å². The molecule has 2 heterocycles. The van der Waals surface area contributed by atoms with Crippen molar-refractivity contribution in [2.75, 3.05) is 0 Å². The number of aryl methyl sites for hydroxylation is 4. The van der Waals surface area contributed by atoms with Crippen LogP contribution in [0.15, 0.2) is 53.7 Å². The van der Waals surface area contributed by atoms with Crippen LogP contribution in [-0.4, -0.2) is 16.2 Å². The number of aromatic nitrogens is 2. The molecule has 0 aliphatic heterocycles. The average Bonchev–Trinajstić information content (AvgIpc) is 2.55. The van der Waals surface area contributed by atoms with E-state index in [1.807, 2.05) is 49.7 Å². The minimum atomic E-state index is 0.828. The van der Waals surface area contributed by atoms with Crippen molar-refractivity contribution >= 4 is 11.9 Å². The highest BCUT2D eigenvalue weighted by Gasteiger charge is 2.03. The lowest BCUT2D eigenvalue weighted by molar-refractivity contribution is 1.21. The SMILES string of the molecule is Cc1ccc(-c2cccc(C=Nc3c(C)cc(C)cc3C)n2)nc1. The maximum absolute atomic E-state index is 4.66. The van der Waals surface area contributed by atoms with Crippen LogP contribution in [0.25, 0.3) is 11.4 Å². The summed E-state index contributed by atoms with van der Waals surface area (Å²) in [6, 6.07) is 14.3. The molecule has 24 heavy (non-hydrogen) atoms. The van der Waals surface area contributed by atoms with Gasteiger partial charge < -0.3 is 0 Å². The Labute approximate surface area is 143 Å². The Hall–Kier alpha value is -2.81. The van der Waals surface area contributed by atoms with Crippen molar-refractivity contribution in [2.24, 2.45) is 4.99 Å². The van der Waals surface area contributed by atoms with Crippen LogP contribution in [-0.2, 0) is 0 Å². The normalized spacial score (nSPS) is 11.2. The lowest BCUT2D eigenvalue weighted by Gasteiger charge is -2.06. The molecular formula is C21H21N3. The molecule has 3 heteroatoms. The minimum absolute atomic E-state index is 0.828. The molecular weight excluding hydrogens is 294 g/mol. The van der Waals surface area contributed by atoms with E-state index in [1.165, 1.54) is 16.7 Å². The second-order valence-electron chi connectivity index (χ2n) is 6.17. The largest absolute Gasteiger partial charge is 0.254 e. The van der Waals surface area contributed by atoms with Gasteiger partial charge in [-0.05, 0) is 62.6 Å². The Bertz CT molecular complexity index is 870. The molecule has 0 fully saturated rings. The molecule has 1 aromatic carbocycles. The highest BCUT2D eigenvalue weighted by atomic mass is 14.8. The summed E-state index contributed by atoms with van der Waals surface area (Å²) in [7, 11) is 0. The van der Waals surface area contributed by atoms with E-state index in [-0.39, 0.29) is 0 Å². The maximum atomic E-state index is 4.66. The molecule has 120 valence electrons. The first-order valence-electron chi connectivity index (χ1n) is 8.05.